The highest BCUT2D eigenvalue weighted by Crippen LogP contribution is 2.44. The van der Waals surface area contributed by atoms with E-state index in [1.54, 1.807) is 0 Å². The minimum absolute atomic E-state index is 0.113. The van der Waals surface area contributed by atoms with Gasteiger partial charge >= 0.3 is 5.97 Å². The number of thiophene rings is 1. The predicted octanol–water partition coefficient (Wildman–Crippen LogP) is 2.04. The molecular formula is C12H11N3O2S2. The number of esters is 1. The molecule has 1 aromatic rings. The molecule has 0 saturated heterocycles. The first kappa shape index (κ1) is 13.6. The van der Waals surface area contributed by atoms with Gasteiger partial charge in [-0.3, -0.25) is 10.2 Å². The first-order valence-corrected chi connectivity index (χ1v) is 7.07. The third kappa shape index (κ3) is 2.37. The van der Waals surface area contributed by atoms with E-state index >= 15 is 0 Å². The van der Waals surface area contributed by atoms with Gasteiger partial charge in [0.05, 0.1) is 34.7 Å². The normalized spacial score (nSPS) is 23.1. The average molecular weight is 293 g/mol. The summed E-state index contributed by atoms with van der Waals surface area (Å²) in [5.41, 5.74) is 6.14. The highest BCUT2D eigenvalue weighted by atomic mass is 32.2. The lowest BCUT2D eigenvalue weighted by atomic mass is 9.85. The fourth-order valence-electron chi connectivity index (χ4n) is 1.98. The second-order valence-corrected chi connectivity index (χ2v) is 5.91. The molecule has 2 rings (SSSR count). The lowest BCUT2D eigenvalue weighted by molar-refractivity contribution is -0.143. The number of methoxy groups -OCH3 is 1. The van der Waals surface area contributed by atoms with E-state index in [4.69, 9.17) is 15.9 Å². The molecule has 5 nitrogen and oxygen atoms in total. The zero-order chi connectivity index (χ0) is 14.0. The molecule has 0 aromatic carbocycles. The number of hydrogen-bond donors (Lipinski definition) is 2. The van der Waals surface area contributed by atoms with Gasteiger partial charge < -0.3 is 10.5 Å². The largest absolute Gasteiger partial charge is 0.468 e. The second-order valence-electron chi connectivity index (χ2n) is 3.85. The molecule has 0 bridgehead atoms. The van der Waals surface area contributed by atoms with Crippen LogP contribution < -0.4 is 5.73 Å². The Morgan fingerprint density at radius 3 is 2.89 bits per heavy atom. The van der Waals surface area contributed by atoms with Crippen molar-refractivity contribution in [1.82, 2.24) is 0 Å². The minimum Gasteiger partial charge on any atom is -0.468 e. The van der Waals surface area contributed by atoms with Gasteiger partial charge in [-0.15, -0.1) is 11.3 Å². The van der Waals surface area contributed by atoms with E-state index in [2.05, 4.69) is 6.07 Å². The highest BCUT2D eigenvalue weighted by Gasteiger charge is 2.42. The predicted molar refractivity (Wildman–Crippen MR) is 74.7 cm³/mol. The minimum atomic E-state index is -0.796. The lowest BCUT2D eigenvalue weighted by Gasteiger charge is -2.29. The molecule has 0 spiro atoms. The first-order valence-electron chi connectivity index (χ1n) is 5.37. The number of carbonyl (C=O) groups excluding carboxylic acids is 1. The summed E-state index contributed by atoms with van der Waals surface area (Å²) in [6.07, 6.45) is 0. The van der Waals surface area contributed by atoms with Gasteiger partial charge in [0.1, 0.15) is 5.92 Å². The molecule has 2 atom stereocenters. The Morgan fingerprint density at radius 2 is 2.37 bits per heavy atom. The standard InChI is InChI=1S/C12H11N3O2S2/c1-17-12(16)9-8(7-3-2-4-18-7)6(5-13)10(14)19-11(9)15/h2-4,8-9,15H,14H2,1H3/t8-,9-/m0/s1. The maximum atomic E-state index is 11.9. The molecule has 98 valence electrons. The number of nitrogens with one attached hydrogen (secondary N) is 1. The summed E-state index contributed by atoms with van der Waals surface area (Å²) < 4.78 is 4.76. The van der Waals surface area contributed by atoms with Crippen molar-refractivity contribution in [2.45, 2.75) is 5.92 Å². The van der Waals surface area contributed by atoms with Gasteiger partial charge in [-0.05, 0) is 11.4 Å². The Morgan fingerprint density at radius 1 is 1.63 bits per heavy atom. The average Bonchev–Trinajstić information content (AvgIpc) is 2.90. The van der Waals surface area contributed by atoms with Crippen molar-refractivity contribution in [2.24, 2.45) is 11.7 Å². The monoisotopic (exact) mass is 293 g/mol. The van der Waals surface area contributed by atoms with E-state index in [0.29, 0.717) is 5.57 Å². The van der Waals surface area contributed by atoms with Crippen LogP contribution in [0.25, 0.3) is 0 Å². The number of hydrogen-bond acceptors (Lipinski definition) is 7. The van der Waals surface area contributed by atoms with Crippen LogP contribution in [0.3, 0.4) is 0 Å². The van der Waals surface area contributed by atoms with Crippen molar-refractivity contribution in [3.8, 4) is 6.07 Å². The first-order chi connectivity index (χ1) is 9.10. The molecule has 1 aliphatic rings. The Kier molecular flexibility index (Phi) is 3.93. The van der Waals surface area contributed by atoms with Gasteiger partial charge in [0, 0.05) is 4.88 Å². The van der Waals surface area contributed by atoms with Gasteiger partial charge in [-0.2, -0.15) is 5.26 Å². The number of rotatable bonds is 2. The lowest BCUT2D eigenvalue weighted by Crippen LogP contribution is -2.34. The summed E-state index contributed by atoms with van der Waals surface area (Å²) in [5.74, 6) is -1.84. The van der Waals surface area contributed by atoms with Crippen LogP contribution in [0.1, 0.15) is 10.8 Å². The molecule has 0 unspecified atom stereocenters. The zero-order valence-electron chi connectivity index (χ0n) is 10.0. The van der Waals surface area contributed by atoms with E-state index in [9.17, 15) is 10.1 Å². The summed E-state index contributed by atoms with van der Waals surface area (Å²) >= 11 is 2.38. The molecule has 0 saturated carbocycles. The molecule has 1 aromatic heterocycles. The maximum Gasteiger partial charge on any atom is 0.316 e. The van der Waals surface area contributed by atoms with Crippen LogP contribution in [0.5, 0.6) is 0 Å². The number of ether oxygens (including phenoxy) is 1. The topological polar surface area (TPSA) is 100.0 Å². The third-order valence-corrected chi connectivity index (χ3v) is 4.71. The molecule has 0 fully saturated rings. The van der Waals surface area contributed by atoms with Gasteiger partial charge in [-0.1, -0.05) is 17.8 Å². The van der Waals surface area contributed by atoms with Crippen molar-refractivity contribution in [1.29, 1.82) is 10.7 Å². The van der Waals surface area contributed by atoms with Crippen molar-refractivity contribution in [2.75, 3.05) is 7.11 Å². The van der Waals surface area contributed by atoms with Crippen LogP contribution in [-0.2, 0) is 9.53 Å². The van der Waals surface area contributed by atoms with Crippen molar-refractivity contribution in [3.05, 3.63) is 33.0 Å². The SMILES string of the molecule is COC(=O)[C@@H]1C(=N)SC(N)=C(C#N)[C@H]1c1cccs1. The molecule has 19 heavy (non-hydrogen) atoms. The molecule has 0 aliphatic carbocycles. The number of allylic oxidation sites excluding steroid dienone is 1. The van der Waals surface area contributed by atoms with E-state index in [-0.39, 0.29) is 10.1 Å². The quantitative estimate of drug-likeness (QED) is 0.813. The van der Waals surface area contributed by atoms with Gasteiger partial charge in [-0.25, -0.2) is 0 Å². The number of thioether (sulfide) groups is 1. The maximum absolute atomic E-state index is 11.9. The van der Waals surface area contributed by atoms with Crippen LogP contribution in [-0.4, -0.2) is 18.1 Å². The smallest absolute Gasteiger partial charge is 0.316 e. The third-order valence-electron chi connectivity index (χ3n) is 2.84. The summed E-state index contributed by atoms with van der Waals surface area (Å²) in [5, 5.41) is 19.5. The Labute approximate surface area is 118 Å². The van der Waals surface area contributed by atoms with E-state index in [1.807, 2.05) is 17.5 Å². The van der Waals surface area contributed by atoms with Crippen LogP contribution in [0.2, 0.25) is 0 Å². The van der Waals surface area contributed by atoms with Crippen LogP contribution in [0.4, 0.5) is 0 Å². The van der Waals surface area contributed by atoms with Crippen molar-refractivity contribution >= 4 is 34.1 Å². The fraction of sp³-hybridized carbons (Fsp3) is 0.250. The Hall–Kier alpha value is -1.78. The van der Waals surface area contributed by atoms with Crippen molar-refractivity contribution in [3.63, 3.8) is 0 Å². The van der Waals surface area contributed by atoms with Gasteiger partial charge in [0.2, 0.25) is 0 Å². The number of nitrogens with two attached hydrogens (primary N) is 1. The van der Waals surface area contributed by atoms with Crippen LogP contribution in [0.15, 0.2) is 28.1 Å². The fourth-order valence-corrected chi connectivity index (χ4v) is 3.73. The molecule has 1 aliphatic heterocycles. The second kappa shape index (κ2) is 5.47. The van der Waals surface area contributed by atoms with Crippen molar-refractivity contribution < 1.29 is 9.53 Å². The number of carbonyl (C=O) groups is 1. The summed E-state index contributed by atoms with van der Waals surface area (Å²) in [4.78, 5) is 12.7. The summed E-state index contributed by atoms with van der Waals surface area (Å²) in [7, 11) is 1.28. The molecule has 2 heterocycles. The van der Waals surface area contributed by atoms with E-state index in [1.165, 1.54) is 18.4 Å². The summed E-state index contributed by atoms with van der Waals surface area (Å²) in [6, 6.07) is 5.73. The summed E-state index contributed by atoms with van der Waals surface area (Å²) in [6.45, 7) is 0. The zero-order valence-corrected chi connectivity index (χ0v) is 11.7. The van der Waals surface area contributed by atoms with Crippen LogP contribution in [0, 0.1) is 22.7 Å². The molecule has 7 heteroatoms. The van der Waals surface area contributed by atoms with Gasteiger partial charge in [0.25, 0.3) is 0 Å². The molecule has 0 amide bonds. The van der Waals surface area contributed by atoms with Crippen LogP contribution >= 0.6 is 23.1 Å². The molecule has 3 N–H and O–H groups in total. The number of nitriles is 1. The van der Waals surface area contributed by atoms with E-state index in [0.717, 1.165) is 16.6 Å². The Balaban J connectivity index is 2.57. The molecular weight excluding hydrogens is 282 g/mol. The number of nitrogens with zero attached hydrogens (tertiary/aromatic N) is 1. The van der Waals surface area contributed by atoms with Gasteiger partial charge in [0.15, 0.2) is 0 Å². The van der Waals surface area contributed by atoms with E-state index < -0.39 is 17.8 Å². The Bertz CT molecular complexity index is 587. The molecule has 0 radical (unpaired) electrons. The highest BCUT2D eigenvalue weighted by molar-refractivity contribution is 8.17.